The van der Waals surface area contributed by atoms with Gasteiger partial charge in [0.1, 0.15) is 12.7 Å². The van der Waals surface area contributed by atoms with Crippen molar-refractivity contribution < 1.29 is 19.0 Å². The highest BCUT2D eigenvalue weighted by molar-refractivity contribution is 9.09. The third kappa shape index (κ3) is 4.18. The monoisotopic (exact) mass is 444 g/mol. The normalized spacial score (nSPS) is 22.8. The first-order valence-electron chi connectivity index (χ1n) is 7.59. The summed E-state index contributed by atoms with van der Waals surface area (Å²) in [6.07, 6.45) is -0.392. The fourth-order valence-electron chi connectivity index (χ4n) is 2.55. The van der Waals surface area contributed by atoms with Gasteiger partial charge in [0.15, 0.2) is 0 Å². The molecule has 1 aliphatic heterocycles. The zero-order chi connectivity index (χ0) is 17.9. The van der Waals surface area contributed by atoms with Crippen LogP contribution in [-0.4, -0.2) is 30.6 Å². The number of carbonyl (C=O) groups excluding carboxylic acids is 1. The number of ether oxygens (including phenoxy) is 3. The Balaban J connectivity index is 1.66. The standard InChI is InChI=1S/C18H15BrCl2O4/c19-11-18(15-7-6-13(20)8-16(15)21)24-10-14(25-18)9-23-17(22)12-4-2-1-3-5-12/h1-8,14H,9-11H2/t14-,18-/m1/s1. The van der Waals surface area contributed by atoms with Crippen LogP contribution >= 0.6 is 39.1 Å². The van der Waals surface area contributed by atoms with E-state index in [2.05, 4.69) is 15.9 Å². The minimum absolute atomic E-state index is 0.0910. The minimum atomic E-state index is -1.04. The zero-order valence-electron chi connectivity index (χ0n) is 13.1. The van der Waals surface area contributed by atoms with Gasteiger partial charge in [-0.05, 0) is 24.3 Å². The molecule has 1 heterocycles. The SMILES string of the molecule is O=C(OC[C@@H]1CO[C@@](CBr)(c2ccc(Cl)cc2Cl)O1)c1ccccc1. The van der Waals surface area contributed by atoms with Crippen LogP contribution in [0.2, 0.25) is 10.0 Å². The van der Waals surface area contributed by atoms with Crippen molar-refractivity contribution in [3.8, 4) is 0 Å². The van der Waals surface area contributed by atoms with Crippen LogP contribution in [0.4, 0.5) is 0 Å². The molecule has 0 spiro atoms. The van der Waals surface area contributed by atoms with E-state index in [1.54, 1.807) is 42.5 Å². The molecule has 0 bridgehead atoms. The fraction of sp³-hybridized carbons (Fsp3) is 0.278. The molecule has 2 aromatic carbocycles. The van der Waals surface area contributed by atoms with Crippen molar-refractivity contribution in [1.29, 1.82) is 0 Å². The quantitative estimate of drug-likeness (QED) is 0.489. The molecule has 0 aliphatic carbocycles. The van der Waals surface area contributed by atoms with E-state index < -0.39 is 17.9 Å². The molecule has 1 fully saturated rings. The Morgan fingerprint density at radius 2 is 2.00 bits per heavy atom. The number of alkyl halides is 1. The van der Waals surface area contributed by atoms with Crippen LogP contribution in [0.3, 0.4) is 0 Å². The molecule has 0 aromatic heterocycles. The molecular formula is C18H15BrCl2O4. The van der Waals surface area contributed by atoms with E-state index in [1.807, 2.05) is 6.07 Å². The van der Waals surface area contributed by atoms with Gasteiger partial charge in [0, 0.05) is 10.6 Å². The summed E-state index contributed by atoms with van der Waals surface area (Å²) in [5.41, 5.74) is 1.17. The molecular weight excluding hydrogens is 431 g/mol. The number of benzene rings is 2. The van der Waals surface area contributed by atoms with Gasteiger partial charge in [0.25, 0.3) is 0 Å². The molecule has 0 unspecified atom stereocenters. The number of esters is 1. The Morgan fingerprint density at radius 3 is 2.68 bits per heavy atom. The van der Waals surface area contributed by atoms with Crippen LogP contribution in [0.5, 0.6) is 0 Å². The first-order chi connectivity index (χ1) is 12.0. The summed E-state index contributed by atoms with van der Waals surface area (Å²) >= 11 is 15.6. The number of rotatable bonds is 5. The maximum absolute atomic E-state index is 12.0. The van der Waals surface area contributed by atoms with Crippen LogP contribution in [0.15, 0.2) is 48.5 Å². The van der Waals surface area contributed by atoms with Gasteiger partial charge in [-0.25, -0.2) is 4.79 Å². The third-order valence-electron chi connectivity index (χ3n) is 3.79. The van der Waals surface area contributed by atoms with Gasteiger partial charge in [-0.15, -0.1) is 0 Å². The molecule has 0 saturated carbocycles. The fourth-order valence-corrected chi connectivity index (χ4v) is 3.70. The summed E-state index contributed by atoms with van der Waals surface area (Å²) in [6.45, 7) is 0.375. The Morgan fingerprint density at radius 1 is 1.24 bits per heavy atom. The van der Waals surface area contributed by atoms with E-state index in [0.717, 1.165) is 0 Å². The molecule has 7 heteroatoms. The molecule has 132 valence electrons. The van der Waals surface area contributed by atoms with Crippen LogP contribution in [0, 0.1) is 0 Å². The second-order valence-electron chi connectivity index (χ2n) is 5.53. The summed E-state index contributed by atoms with van der Waals surface area (Å²) in [6, 6.07) is 13.9. The molecule has 1 saturated heterocycles. The highest BCUT2D eigenvalue weighted by Gasteiger charge is 2.44. The van der Waals surface area contributed by atoms with Gasteiger partial charge >= 0.3 is 5.97 Å². The largest absolute Gasteiger partial charge is 0.459 e. The second-order valence-corrected chi connectivity index (χ2v) is 6.93. The molecule has 2 aromatic rings. The average molecular weight is 446 g/mol. The molecule has 0 radical (unpaired) electrons. The summed E-state index contributed by atoms with van der Waals surface area (Å²) in [4.78, 5) is 12.0. The first-order valence-corrected chi connectivity index (χ1v) is 9.47. The van der Waals surface area contributed by atoms with Crippen LogP contribution in [0.25, 0.3) is 0 Å². The van der Waals surface area contributed by atoms with Gasteiger partial charge in [-0.2, -0.15) is 0 Å². The lowest BCUT2D eigenvalue weighted by atomic mass is 10.1. The van der Waals surface area contributed by atoms with Crippen molar-refractivity contribution in [3.05, 3.63) is 69.7 Å². The van der Waals surface area contributed by atoms with E-state index in [1.165, 1.54) is 0 Å². The van der Waals surface area contributed by atoms with E-state index in [9.17, 15) is 4.79 Å². The first kappa shape index (κ1) is 18.7. The van der Waals surface area contributed by atoms with Crippen molar-refractivity contribution in [2.45, 2.75) is 11.9 Å². The number of carbonyl (C=O) groups is 1. The Bertz CT molecular complexity index is 756. The molecule has 4 nitrogen and oxygen atoms in total. The highest BCUT2D eigenvalue weighted by Crippen LogP contribution is 2.40. The Labute approximate surface area is 164 Å². The predicted octanol–water partition coefficient (Wildman–Crippen LogP) is 4.81. The van der Waals surface area contributed by atoms with Crippen molar-refractivity contribution >= 4 is 45.1 Å². The van der Waals surface area contributed by atoms with Gasteiger partial charge in [-0.1, -0.05) is 63.4 Å². The summed E-state index contributed by atoms with van der Waals surface area (Å²) in [7, 11) is 0. The van der Waals surface area contributed by atoms with Crippen LogP contribution in [-0.2, 0) is 20.0 Å². The maximum Gasteiger partial charge on any atom is 0.338 e. The molecule has 3 rings (SSSR count). The van der Waals surface area contributed by atoms with Gasteiger partial charge in [0.05, 0.1) is 22.5 Å². The van der Waals surface area contributed by atoms with E-state index in [4.69, 9.17) is 37.4 Å². The molecule has 0 amide bonds. The zero-order valence-corrected chi connectivity index (χ0v) is 16.2. The van der Waals surface area contributed by atoms with Gasteiger partial charge in [0.2, 0.25) is 5.79 Å². The maximum atomic E-state index is 12.0. The number of halogens is 3. The minimum Gasteiger partial charge on any atom is -0.459 e. The second kappa shape index (κ2) is 8.06. The lowest BCUT2D eigenvalue weighted by molar-refractivity contribution is -0.160. The lowest BCUT2D eigenvalue weighted by Crippen LogP contribution is -2.31. The van der Waals surface area contributed by atoms with Crippen molar-refractivity contribution in [2.75, 3.05) is 18.5 Å². The van der Waals surface area contributed by atoms with E-state index in [0.29, 0.717) is 26.5 Å². The Kier molecular flexibility index (Phi) is 6.02. The van der Waals surface area contributed by atoms with Crippen LogP contribution < -0.4 is 0 Å². The van der Waals surface area contributed by atoms with Crippen molar-refractivity contribution in [2.24, 2.45) is 0 Å². The lowest BCUT2D eigenvalue weighted by Gasteiger charge is -2.27. The van der Waals surface area contributed by atoms with Crippen molar-refractivity contribution in [3.63, 3.8) is 0 Å². The summed E-state index contributed by atoms with van der Waals surface area (Å²) in [5.74, 6) is -1.43. The van der Waals surface area contributed by atoms with Gasteiger partial charge < -0.3 is 14.2 Å². The average Bonchev–Trinajstić information content (AvgIpc) is 3.05. The van der Waals surface area contributed by atoms with E-state index >= 15 is 0 Å². The Hall–Kier alpha value is -1.11. The van der Waals surface area contributed by atoms with E-state index in [-0.39, 0.29) is 13.2 Å². The van der Waals surface area contributed by atoms with Crippen LogP contribution in [0.1, 0.15) is 15.9 Å². The van der Waals surface area contributed by atoms with Gasteiger partial charge in [-0.3, -0.25) is 0 Å². The topological polar surface area (TPSA) is 44.8 Å². The molecule has 25 heavy (non-hydrogen) atoms. The number of hydrogen-bond acceptors (Lipinski definition) is 4. The summed E-state index contributed by atoms with van der Waals surface area (Å²) in [5, 5.41) is 1.36. The molecule has 0 N–H and O–H groups in total. The smallest absolute Gasteiger partial charge is 0.338 e. The van der Waals surface area contributed by atoms with Crippen molar-refractivity contribution in [1.82, 2.24) is 0 Å². The predicted molar refractivity (Wildman–Crippen MR) is 99.5 cm³/mol. The summed E-state index contributed by atoms with van der Waals surface area (Å²) < 4.78 is 17.2. The highest BCUT2D eigenvalue weighted by atomic mass is 79.9. The molecule has 1 aliphatic rings. The number of hydrogen-bond donors (Lipinski definition) is 0. The molecule has 2 atom stereocenters. The third-order valence-corrected chi connectivity index (χ3v) is 5.07.